The van der Waals surface area contributed by atoms with Crippen LogP contribution in [0.5, 0.6) is 6.01 Å². The van der Waals surface area contributed by atoms with Crippen LogP contribution in [0.3, 0.4) is 0 Å². The van der Waals surface area contributed by atoms with Gasteiger partial charge >= 0.3 is 6.01 Å². The number of nitrogens with two attached hydrogens (primary N) is 1. The van der Waals surface area contributed by atoms with E-state index in [-0.39, 0.29) is 49.5 Å². The monoisotopic (exact) mass is 584 g/mol. The third kappa shape index (κ3) is 4.93. The summed E-state index contributed by atoms with van der Waals surface area (Å²) in [6.07, 6.45) is 5.93. The SMILES string of the molecule is CN1CCCC1COc1nc(NC2CCCN(C#N)C2)c2cc(Cl)c(-c3ccc(F)c4sc(N)nc34)c(F)c2n1. The molecule has 2 atom stereocenters. The Morgan fingerprint density at radius 3 is 2.80 bits per heavy atom. The number of anilines is 2. The minimum Gasteiger partial charge on any atom is -0.462 e. The van der Waals surface area contributed by atoms with Crippen molar-refractivity contribution in [1.82, 2.24) is 24.8 Å². The average Bonchev–Trinajstić information content (AvgIpc) is 3.54. The molecule has 0 spiro atoms. The first-order valence-electron chi connectivity index (χ1n) is 13.1. The fourth-order valence-corrected chi connectivity index (χ4v) is 6.59. The maximum Gasteiger partial charge on any atom is 0.319 e. The zero-order chi connectivity index (χ0) is 28.0. The molecule has 2 saturated heterocycles. The Morgan fingerprint density at radius 2 is 2.02 bits per heavy atom. The van der Waals surface area contributed by atoms with E-state index in [1.54, 1.807) is 11.0 Å². The van der Waals surface area contributed by atoms with Crippen molar-refractivity contribution in [1.29, 1.82) is 5.26 Å². The van der Waals surface area contributed by atoms with Gasteiger partial charge in [0.15, 0.2) is 17.1 Å². The highest BCUT2D eigenvalue weighted by molar-refractivity contribution is 7.22. The number of halogens is 3. The van der Waals surface area contributed by atoms with Crippen LogP contribution in [-0.4, -0.2) is 70.1 Å². The number of benzene rings is 2. The number of piperidine rings is 1. The van der Waals surface area contributed by atoms with Crippen LogP contribution in [0.25, 0.3) is 32.2 Å². The molecule has 208 valence electrons. The number of rotatable bonds is 6. The van der Waals surface area contributed by atoms with Crippen LogP contribution in [-0.2, 0) is 0 Å². The van der Waals surface area contributed by atoms with Crippen LogP contribution >= 0.6 is 22.9 Å². The molecule has 2 fully saturated rings. The van der Waals surface area contributed by atoms with E-state index in [1.165, 1.54) is 12.1 Å². The van der Waals surface area contributed by atoms with Crippen LogP contribution < -0.4 is 15.8 Å². The molecule has 2 aromatic carbocycles. The number of fused-ring (bicyclic) bond motifs is 2. The van der Waals surface area contributed by atoms with E-state index in [0.717, 1.165) is 43.6 Å². The lowest BCUT2D eigenvalue weighted by Gasteiger charge is -2.30. The van der Waals surface area contributed by atoms with Gasteiger partial charge in [-0.15, -0.1) is 0 Å². The third-order valence-corrected chi connectivity index (χ3v) is 8.81. The van der Waals surface area contributed by atoms with Gasteiger partial charge in [-0.05, 0) is 57.5 Å². The molecule has 0 saturated carbocycles. The van der Waals surface area contributed by atoms with Gasteiger partial charge in [-0.1, -0.05) is 22.9 Å². The Balaban J connectivity index is 1.46. The van der Waals surface area contributed by atoms with Crippen molar-refractivity contribution >= 4 is 55.0 Å². The average molecular weight is 585 g/mol. The number of hydrogen-bond donors (Lipinski definition) is 2. The van der Waals surface area contributed by atoms with Gasteiger partial charge in [0, 0.05) is 41.7 Å². The Bertz CT molecular complexity index is 1640. The van der Waals surface area contributed by atoms with Crippen LogP contribution in [0.2, 0.25) is 5.02 Å². The van der Waals surface area contributed by atoms with Crippen molar-refractivity contribution in [3.63, 3.8) is 0 Å². The van der Waals surface area contributed by atoms with Crippen LogP contribution in [0, 0.1) is 23.1 Å². The van der Waals surface area contributed by atoms with Gasteiger partial charge in [0.2, 0.25) is 0 Å². The van der Waals surface area contributed by atoms with E-state index in [0.29, 0.717) is 36.5 Å². The summed E-state index contributed by atoms with van der Waals surface area (Å²) < 4.78 is 37.2. The molecule has 4 aromatic rings. The first kappa shape index (κ1) is 26.7. The molecule has 40 heavy (non-hydrogen) atoms. The minimum absolute atomic E-state index is 0.0142. The first-order chi connectivity index (χ1) is 19.3. The molecule has 2 aromatic heterocycles. The summed E-state index contributed by atoms with van der Waals surface area (Å²) in [5, 5.41) is 13.4. The number of likely N-dealkylation sites (tertiary alicyclic amines) is 2. The van der Waals surface area contributed by atoms with Crippen molar-refractivity contribution in [3.8, 4) is 23.3 Å². The van der Waals surface area contributed by atoms with Crippen molar-refractivity contribution in [2.75, 3.05) is 44.3 Å². The number of nitrogen functional groups attached to an aromatic ring is 1. The Hall–Kier alpha value is -3.53. The molecule has 0 bridgehead atoms. The predicted molar refractivity (Wildman–Crippen MR) is 152 cm³/mol. The van der Waals surface area contributed by atoms with Crippen LogP contribution in [0.15, 0.2) is 18.2 Å². The summed E-state index contributed by atoms with van der Waals surface area (Å²) in [6, 6.07) is 4.46. The number of hydrogen-bond acceptors (Lipinski definition) is 10. The summed E-state index contributed by atoms with van der Waals surface area (Å²) >= 11 is 7.68. The molecule has 0 aliphatic carbocycles. The molecule has 0 amide bonds. The van der Waals surface area contributed by atoms with E-state index in [4.69, 9.17) is 22.1 Å². The van der Waals surface area contributed by atoms with E-state index >= 15 is 4.39 Å². The van der Waals surface area contributed by atoms with Crippen LogP contribution in [0.4, 0.5) is 19.7 Å². The zero-order valence-corrected chi connectivity index (χ0v) is 23.3. The van der Waals surface area contributed by atoms with Gasteiger partial charge in [-0.25, -0.2) is 13.8 Å². The van der Waals surface area contributed by atoms with Gasteiger partial charge in [0.25, 0.3) is 0 Å². The fourth-order valence-electron chi connectivity index (χ4n) is 5.53. The molecule has 2 aliphatic heterocycles. The van der Waals surface area contributed by atoms with Gasteiger partial charge in [-0.3, -0.25) is 0 Å². The Morgan fingerprint density at radius 1 is 1.20 bits per heavy atom. The zero-order valence-electron chi connectivity index (χ0n) is 21.8. The van der Waals surface area contributed by atoms with Gasteiger partial charge in [0.1, 0.15) is 23.8 Å². The summed E-state index contributed by atoms with van der Waals surface area (Å²) in [5.41, 5.74) is 6.46. The van der Waals surface area contributed by atoms with E-state index in [2.05, 4.69) is 31.4 Å². The lowest BCUT2D eigenvalue weighted by atomic mass is 10.0. The van der Waals surface area contributed by atoms with Crippen molar-refractivity contribution < 1.29 is 13.5 Å². The summed E-state index contributed by atoms with van der Waals surface area (Å²) in [7, 11) is 2.04. The number of likely N-dealkylation sites (N-methyl/N-ethyl adjacent to an activating group) is 1. The van der Waals surface area contributed by atoms with E-state index in [1.807, 2.05) is 7.05 Å². The second-order valence-corrected chi connectivity index (χ2v) is 11.7. The number of nitriles is 1. The molecule has 2 aliphatic rings. The number of thiazole rings is 1. The smallest absolute Gasteiger partial charge is 0.319 e. The van der Waals surface area contributed by atoms with E-state index in [9.17, 15) is 9.65 Å². The minimum atomic E-state index is -0.697. The summed E-state index contributed by atoms with van der Waals surface area (Å²) in [5.74, 6) is -0.817. The van der Waals surface area contributed by atoms with Gasteiger partial charge in [-0.2, -0.15) is 15.2 Å². The van der Waals surface area contributed by atoms with E-state index < -0.39 is 11.6 Å². The predicted octanol–water partition coefficient (Wildman–Crippen LogP) is 5.25. The summed E-state index contributed by atoms with van der Waals surface area (Å²) in [4.78, 5) is 17.2. The van der Waals surface area contributed by atoms with Crippen molar-refractivity contribution in [2.45, 2.75) is 37.8 Å². The van der Waals surface area contributed by atoms with Crippen LogP contribution in [0.1, 0.15) is 25.7 Å². The lowest BCUT2D eigenvalue weighted by Crippen LogP contribution is -2.39. The molecule has 13 heteroatoms. The molecule has 6 rings (SSSR count). The van der Waals surface area contributed by atoms with Gasteiger partial charge in [0.05, 0.1) is 15.2 Å². The maximum atomic E-state index is 16.4. The first-order valence-corrected chi connectivity index (χ1v) is 14.3. The Labute approximate surface area is 238 Å². The standard InChI is InChI=1S/C27H27ClF2N8OS/c1-37-8-3-5-15(37)12-39-27-35-22-17(25(36-27)33-14-4-2-9-38(11-14)13-31)10-18(28)20(21(22)30)16-6-7-19(29)24-23(16)34-26(32)40-24/h6-7,10,14-15H,2-5,8-9,11-12H2,1H3,(H2,32,34)(H,33,35,36). The van der Waals surface area contributed by atoms with Crippen molar-refractivity contribution in [2.24, 2.45) is 0 Å². The third-order valence-electron chi connectivity index (χ3n) is 7.62. The number of ether oxygens (including phenoxy) is 1. The molecule has 4 heterocycles. The highest BCUT2D eigenvalue weighted by Gasteiger charge is 2.27. The van der Waals surface area contributed by atoms with Gasteiger partial charge < -0.3 is 25.6 Å². The lowest BCUT2D eigenvalue weighted by molar-refractivity contribution is 0.188. The fraction of sp³-hybridized carbons (Fsp3) is 0.407. The van der Waals surface area contributed by atoms with Crippen molar-refractivity contribution in [3.05, 3.63) is 34.9 Å². The second kappa shape index (κ2) is 10.8. The number of aromatic nitrogens is 3. The highest BCUT2D eigenvalue weighted by Crippen LogP contribution is 2.42. The molecule has 2 unspecified atom stereocenters. The second-order valence-electron chi connectivity index (χ2n) is 10.2. The Kier molecular flexibility index (Phi) is 7.20. The highest BCUT2D eigenvalue weighted by atomic mass is 35.5. The topological polar surface area (TPSA) is 116 Å². The summed E-state index contributed by atoms with van der Waals surface area (Å²) in [6.45, 7) is 2.55. The largest absolute Gasteiger partial charge is 0.462 e. The molecular formula is C27H27ClF2N8OS. The molecular weight excluding hydrogens is 558 g/mol. The normalized spacial score (nSPS) is 19.8. The molecule has 3 N–H and O–H groups in total. The molecule has 0 radical (unpaired) electrons. The number of nitrogens with one attached hydrogen (secondary N) is 1. The maximum absolute atomic E-state index is 16.4. The number of nitrogens with zero attached hydrogens (tertiary/aromatic N) is 6. The molecule has 9 nitrogen and oxygen atoms in total. The quantitative estimate of drug-likeness (QED) is 0.293.